The van der Waals surface area contributed by atoms with Crippen molar-refractivity contribution >= 4 is 17.6 Å². The number of hydroxylamine groups is 1. The van der Waals surface area contributed by atoms with E-state index in [-0.39, 0.29) is 34.8 Å². The van der Waals surface area contributed by atoms with Crippen LogP contribution in [0.4, 0.5) is 0 Å². The molecule has 0 saturated heterocycles. The number of hydrogen-bond donors (Lipinski definition) is 2. The van der Waals surface area contributed by atoms with Crippen molar-refractivity contribution in [3.05, 3.63) is 69.3 Å². The van der Waals surface area contributed by atoms with E-state index >= 15 is 0 Å². The van der Waals surface area contributed by atoms with Gasteiger partial charge < -0.3 is 14.8 Å². The van der Waals surface area contributed by atoms with E-state index in [1.54, 1.807) is 7.11 Å². The number of amides is 2. The molecule has 1 aromatic carbocycles. The molecule has 1 aliphatic carbocycles. The van der Waals surface area contributed by atoms with Gasteiger partial charge in [-0.3, -0.25) is 19.2 Å². The summed E-state index contributed by atoms with van der Waals surface area (Å²) in [6.45, 7) is 12.1. The SMILES string of the molecule is CCc1c(-c2ccc(C)c(C(=O)NOC)n2)ccc(OC)c1[C@H]1C2=C(CC(C)(C)CC2=O)OC2=C1C(=O)N[C@@H](C(C)C)C2. The lowest BCUT2D eigenvalue weighted by Gasteiger charge is -2.42. The molecule has 2 atom stereocenters. The van der Waals surface area contributed by atoms with Crippen LogP contribution in [-0.4, -0.2) is 42.8 Å². The van der Waals surface area contributed by atoms with Crippen LogP contribution in [0.1, 0.15) is 87.0 Å². The number of pyridine rings is 1. The molecule has 0 saturated carbocycles. The lowest BCUT2D eigenvalue weighted by atomic mass is 9.67. The molecule has 228 valence electrons. The Labute approximate surface area is 253 Å². The predicted molar refractivity (Wildman–Crippen MR) is 162 cm³/mol. The molecule has 2 aliphatic heterocycles. The summed E-state index contributed by atoms with van der Waals surface area (Å²) in [6, 6.07) is 7.42. The zero-order valence-corrected chi connectivity index (χ0v) is 26.3. The average molecular weight is 588 g/mol. The fourth-order valence-corrected chi connectivity index (χ4v) is 6.61. The van der Waals surface area contributed by atoms with Crippen LogP contribution < -0.4 is 15.5 Å². The fraction of sp³-hybridized carbons (Fsp3) is 0.471. The Morgan fingerprint density at radius 2 is 1.86 bits per heavy atom. The second-order valence-corrected chi connectivity index (χ2v) is 12.7. The number of ketones is 1. The van der Waals surface area contributed by atoms with Gasteiger partial charge in [-0.25, -0.2) is 10.5 Å². The largest absolute Gasteiger partial charge is 0.496 e. The summed E-state index contributed by atoms with van der Waals surface area (Å²) < 4.78 is 12.5. The number of methoxy groups -OCH3 is 1. The van der Waals surface area contributed by atoms with Gasteiger partial charge in [-0.2, -0.15) is 0 Å². The van der Waals surface area contributed by atoms with Crippen molar-refractivity contribution in [3.63, 3.8) is 0 Å². The van der Waals surface area contributed by atoms with E-state index in [4.69, 9.17) is 19.3 Å². The summed E-state index contributed by atoms with van der Waals surface area (Å²) in [5.41, 5.74) is 7.04. The van der Waals surface area contributed by atoms with Crippen molar-refractivity contribution < 1.29 is 28.7 Å². The Balaban J connectivity index is 1.78. The fourth-order valence-electron chi connectivity index (χ4n) is 6.61. The van der Waals surface area contributed by atoms with Crippen LogP contribution in [-0.2, 0) is 25.6 Å². The number of aryl methyl sites for hydroxylation is 1. The Morgan fingerprint density at radius 3 is 2.51 bits per heavy atom. The topological polar surface area (TPSA) is 116 Å². The highest BCUT2D eigenvalue weighted by Crippen LogP contribution is 2.53. The van der Waals surface area contributed by atoms with Gasteiger partial charge in [-0.1, -0.05) is 40.7 Å². The molecule has 9 heteroatoms. The third-order valence-electron chi connectivity index (χ3n) is 8.74. The molecule has 9 nitrogen and oxygen atoms in total. The maximum atomic E-state index is 14.0. The Hall–Kier alpha value is -3.98. The second kappa shape index (κ2) is 11.6. The second-order valence-electron chi connectivity index (χ2n) is 12.7. The van der Waals surface area contributed by atoms with Gasteiger partial charge in [0.25, 0.3) is 11.8 Å². The van der Waals surface area contributed by atoms with Crippen molar-refractivity contribution in [2.24, 2.45) is 11.3 Å². The third-order valence-corrected chi connectivity index (χ3v) is 8.74. The summed E-state index contributed by atoms with van der Waals surface area (Å²) >= 11 is 0. The highest BCUT2D eigenvalue weighted by atomic mass is 16.6. The minimum Gasteiger partial charge on any atom is -0.496 e. The molecule has 0 fully saturated rings. The number of nitrogens with one attached hydrogen (secondary N) is 2. The number of Topliss-reactive ketones (excluding diaryl/α,β-unsaturated/α-hetero) is 1. The molecule has 2 aromatic rings. The summed E-state index contributed by atoms with van der Waals surface area (Å²) in [5, 5.41) is 3.18. The summed E-state index contributed by atoms with van der Waals surface area (Å²) in [6.07, 6.45) is 2.05. The molecule has 0 spiro atoms. The number of allylic oxidation sites excluding steroid dienone is 2. The number of hydrogen-bond acceptors (Lipinski definition) is 7. The quantitative estimate of drug-likeness (QED) is 0.413. The normalized spacial score (nSPS) is 21.2. The van der Waals surface area contributed by atoms with E-state index in [9.17, 15) is 14.4 Å². The molecule has 5 rings (SSSR count). The van der Waals surface area contributed by atoms with Gasteiger partial charge in [0.15, 0.2) is 5.78 Å². The van der Waals surface area contributed by atoms with Crippen LogP contribution in [0.5, 0.6) is 5.75 Å². The van der Waals surface area contributed by atoms with E-state index in [0.717, 1.165) is 16.7 Å². The first-order valence-corrected chi connectivity index (χ1v) is 14.9. The predicted octanol–water partition coefficient (Wildman–Crippen LogP) is 5.47. The highest BCUT2D eigenvalue weighted by Gasteiger charge is 2.48. The van der Waals surface area contributed by atoms with Gasteiger partial charge >= 0.3 is 0 Å². The molecule has 0 bridgehead atoms. The van der Waals surface area contributed by atoms with Gasteiger partial charge in [0.05, 0.1) is 31.4 Å². The first-order valence-electron chi connectivity index (χ1n) is 14.9. The minimum absolute atomic E-state index is 0.0249. The molecule has 3 aliphatic rings. The van der Waals surface area contributed by atoms with Gasteiger partial charge in [0.1, 0.15) is 23.0 Å². The van der Waals surface area contributed by atoms with Gasteiger partial charge in [-0.05, 0) is 54.0 Å². The Bertz CT molecular complexity index is 1570. The Morgan fingerprint density at radius 1 is 1.12 bits per heavy atom. The van der Waals surface area contributed by atoms with Crippen LogP contribution in [0.3, 0.4) is 0 Å². The van der Waals surface area contributed by atoms with Crippen molar-refractivity contribution in [3.8, 4) is 17.0 Å². The molecule has 0 radical (unpaired) electrons. The molecular formula is C34H41N3O6. The van der Waals surface area contributed by atoms with Crippen molar-refractivity contribution in [1.29, 1.82) is 0 Å². The first kappa shape index (κ1) is 30.5. The molecular weight excluding hydrogens is 546 g/mol. The van der Waals surface area contributed by atoms with E-state index in [0.29, 0.717) is 65.4 Å². The number of benzene rings is 1. The van der Waals surface area contributed by atoms with Crippen LogP contribution in [0.25, 0.3) is 11.3 Å². The minimum atomic E-state index is -0.665. The maximum Gasteiger partial charge on any atom is 0.293 e. The monoisotopic (exact) mass is 587 g/mol. The summed E-state index contributed by atoms with van der Waals surface area (Å²) in [7, 11) is 2.97. The van der Waals surface area contributed by atoms with Gasteiger partial charge in [0.2, 0.25) is 0 Å². The van der Waals surface area contributed by atoms with Gasteiger partial charge in [-0.15, -0.1) is 0 Å². The van der Waals surface area contributed by atoms with Crippen LogP contribution >= 0.6 is 0 Å². The smallest absolute Gasteiger partial charge is 0.293 e. The lowest BCUT2D eigenvalue weighted by molar-refractivity contribution is -0.120. The zero-order valence-electron chi connectivity index (χ0n) is 26.3. The number of rotatable bonds is 7. The van der Waals surface area contributed by atoms with E-state index in [1.165, 1.54) is 7.11 Å². The number of nitrogens with zero attached hydrogens (tertiary/aromatic N) is 1. The van der Waals surface area contributed by atoms with Crippen LogP contribution in [0, 0.1) is 18.3 Å². The number of aromatic nitrogens is 1. The molecule has 2 N–H and O–H groups in total. The standard InChI is InChI=1S/C34H41N3O6/c1-9-19-20(21-12-10-18(4)31(35-21)33(40)37-42-8)11-13-24(41-7)27(19)30-28-23(38)15-34(5,6)16-26(28)43-25-14-22(17(2)3)36-32(39)29(25)30/h10-13,17,22,30H,9,14-16H2,1-8H3,(H,36,39)(H,37,40)/t22-,30+/m1/s1. The van der Waals surface area contributed by atoms with Gasteiger partial charge in [0, 0.05) is 42.0 Å². The molecule has 0 unspecified atom stereocenters. The van der Waals surface area contributed by atoms with Crippen molar-refractivity contribution in [1.82, 2.24) is 15.8 Å². The summed E-state index contributed by atoms with van der Waals surface area (Å²) in [5.74, 6) is 0.687. The van der Waals surface area contributed by atoms with Crippen molar-refractivity contribution in [2.45, 2.75) is 79.2 Å². The Kier molecular flexibility index (Phi) is 8.22. The number of carbonyl (C=O) groups excluding carboxylic acids is 3. The van der Waals surface area contributed by atoms with Crippen molar-refractivity contribution in [2.75, 3.05) is 14.2 Å². The van der Waals surface area contributed by atoms with E-state index in [1.807, 2.05) is 38.1 Å². The molecule has 43 heavy (non-hydrogen) atoms. The molecule has 2 amide bonds. The van der Waals surface area contributed by atoms with Crippen LogP contribution in [0.15, 0.2) is 46.9 Å². The lowest BCUT2D eigenvalue weighted by Crippen LogP contribution is -2.47. The van der Waals surface area contributed by atoms with Crippen LogP contribution in [0.2, 0.25) is 0 Å². The third kappa shape index (κ3) is 5.46. The molecule has 1 aromatic heterocycles. The summed E-state index contributed by atoms with van der Waals surface area (Å²) in [4.78, 5) is 50.1. The van der Waals surface area contributed by atoms with E-state index < -0.39 is 11.8 Å². The number of carbonyl (C=O) groups is 3. The first-order chi connectivity index (χ1) is 20.4. The molecule has 3 heterocycles. The average Bonchev–Trinajstić information content (AvgIpc) is 2.94. The zero-order chi connectivity index (χ0) is 31.2. The number of ether oxygens (including phenoxy) is 2. The highest BCUT2D eigenvalue weighted by molar-refractivity contribution is 6.06. The maximum absolute atomic E-state index is 14.0. The van der Waals surface area contributed by atoms with E-state index in [2.05, 4.69) is 38.5 Å².